The highest BCUT2D eigenvalue weighted by molar-refractivity contribution is 5.72. The Balaban J connectivity index is 2.81. The second-order valence-electron chi connectivity index (χ2n) is 2.97. The third kappa shape index (κ3) is 3.16. The van der Waals surface area contributed by atoms with Crippen LogP contribution in [0.25, 0.3) is 0 Å². The van der Waals surface area contributed by atoms with Crippen molar-refractivity contribution in [2.75, 3.05) is 13.7 Å². The molecule has 1 atom stereocenters. The van der Waals surface area contributed by atoms with Crippen molar-refractivity contribution < 1.29 is 28.2 Å². The molecule has 88 valence electrons. The van der Waals surface area contributed by atoms with Crippen LogP contribution in [0.5, 0.6) is 5.75 Å². The van der Waals surface area contributed by atoms with Crippen LogP contribution in [0.15, 0.2) is 18.2 Å². The van der Waals surface area contributed by atoms with Gasteiger partial charge in [0.05, 0.1) is 6.61 Å². The van der Waals surface area contributed by atoms with Crippen molar-refractivity contribution in [3.8, 4) is 5.75 Å². The van der Waals surface area contributed by atoms with Crippen LogP contribution in [0.3, 0.4) is 0 Å². The van der Waals surface area contributed by atoms with Crippen molar-refractivity contribution in [1.82, 2.24) is 0 Å². The summed E-state index contributed by atoms with van der Waals surface area (Å²) in [6.07, 6.45) is -1.33. The first kappa shape index (κ1) is 12.4. The van der Waals surface area contributed by atoms with Gasteiger partial charge in [-0.3, -0.25) is 0 Å². The molecule has 0 spiro atoms. The van der Waals surface area contributed by atoms with Gasteiger partial charge >= 0.3 is 5.97 Å². The molecule has 0 aliphatic rings. The number of halogens is 2. The van der Waals surface area contributed by atoms with Gasteiger partial charge in [-0.25, -0.2) is 13.6 Å². The molecule has 0 saturated heterocycles. The Morgan fingerprint density at radius 2 is 2.19 bits per heavy atom. The van der Waals surface area contributed by atoms with Crippen LogP contribution < -0.4 is 4.74 Å². The Kier molecular flexibility index (Phi) is 4.19. The molecule has 1 aromatic rings. The van der Waals surface area contributed by atoms with Crippen LogP contribution >= 0.6 is 0 Å². The van der Waals surface area contributed by atoms with Gasteiger partial charge in [-0.2, -0.15) is 0 Å². The number of carbonyl (C=O) groups is 1. The van der Waals surface area contributed by atoms with Crippen molar-refractivity contribution in [3.63, 3.8) is 0 Å². The molecule has 0 aliphatic heterocycles. The number of ether oxygens (including phenoxy) is 2. The van der Waals surface area contributed by atoms with E-state index < -0.39 is 23.7 Å². The van der Waals surface area contributed by atoms with Gasteiger partial charge in [0.15, 0.2) is 11.6 Å². The second-order valence-corrected chi connectivity index (χ2v) is 2.97. The van der Waals surface area contributed by atoms with E-state index in [9.17, 15) is 13.6 Å². The minimum absolute atomic E-state index is 0.230. The van der Waals surface area contributed by atoms with E-state index in [0.717, 1.165) is 12.1 Å². The van der Waals surface area contributed by atoms with Crippen molar-refractivity contribution in [3.05, 3.63) is 29.8 Å². The Morgan fingerprint density at radius 3 is 2.69 bits per heavy atom. The fourth-order valence-corrected chi connectivity index (χ4v) is 1.03. The molecule has 6 heteroatoms. The minimum Gasteiger partial charge on any atom is -0.478 e. The molecular weight excluding hydrogens is 222 g/mol. The fraction of sp³-hybridized carbons (Fsp3) is 0.300. The molecule has 0 aliphatic carbocycles. The lowest BCUT2D eigenvalue weighted by molar-refractivity contribution is -0.147. The minimum atomic E-state index is -1.33. The second kappa shape index (κ2) is 5.41. The summed E-state index contributed by atoms with van der Waals surface area (Å²) in [7, 11) is 1.29. The van der Waals surface area contributed by atoms with E-state index in [0.29, 0.717) is 6.07 Å². The largest absolute Gasteiger partial charge is 0.478 e. The molecule has 0 heterocycles. The Hall–Kier alpha value is -1.69. The maximum absolute atomic E-state index is 13.1. The normalized spacial score (nSPS) is 12.2. The van der Waals surface area contributed by atoms with Gasteiger partial charge < -0.3 is 14.6 Å². The topological polar surface area (TPSA) is 55.8 Å². The van der Waals surface area contributed by atoms with Crippen molar-refractivity contribution in [1.29, 1.82) is 0 Å². The molecular formula is C10H10F2O4. The van der Waals surface area contributed by atoms with Crippen molar-refractivity contribution in [2.24, 2.45) is 0 Å². The van der Waals surface area contributed by atoms with Crippen LogP contribution in [0.4, 0.5) is 8.78 Å². The molecule has 0 amide bonds. The summed E-state index contributed by atoms with van der Waals surface area (Å²) < 4.78 is 35.1. The predicted molar refractivity (Wildman–Crippen MR) is 50.3 cm³/mol. The van der Waals surface area contributed by atoms with E-state index in [1.807, 2.05) is 0 Å². The summed E-state index contributed by atoms with van der Waals surface area (Å²) in [6.45, 7) is -0.230. The van der Waals surface area contributed by atoms with Crippen LogP contribution in [0.1, 0.15) is 0 Å². The van der Waals surface area contributed by atoms with Gasteiger partial charge in [0.2, 0.25) is 6.10 Å². The molecule has 1 unspecified atom stereocenters. The zero-order chi connectivity index (χ0) is 12.1. The van der Waals surface area contributed by atoms with E-state index in [-0.39, 0.29) is 12.4 Å². The number of carboxylic acids is 1. The first-order chi connectivity index (χ1) is 7.54. The SMILES string of the molecule is COCC(Oc1ccc(F)cc1F)C(=O)O. The average Bonchev–Trinajstić information content (AvgIpc) is 2.20. The summed E-state index contributed by atoms with van der Waals surface area (Å²) in [5.74, 6) is -3.33. The highest BCUT2D eigenvalue weighted by Crippen LogP contribution is 2.19. The maximum Gasteiger partial charge on any atom is 0.347 e. The van der Waals surface area contributed by atoms with Gasteiger partial charge in [0.25, 0.3) is 0 Å². The number of methoxy groups -OCH3 is 1. The number of benzene rings is 1. The van der Waals surface area contributed by atoms with Crippen LogP contribution in [0.2, 0.25) is 0 Å². The number of carboxylic acid groups (broad SMARTS) is 1. The first-order valence-corrected chi connectivity index (χ1v) is 4.38. The van der Waals surface area contributed by atoms with Crippen molar-refractivity contribution >= 4 is 5.97 Å². The van der Waals surface area contributed by atoms with E-state index in [1.165, 1.54) is 7.11 Å². The van der Waals surface area contributed by atoms with Crippen LogP contribution in [-0.2, 0) is 9.53 Å². The lowest BCUT2D eigenvalue weighted by Gasteiger charge is -2.14. The summed E-state index contributed by atoms with van der Waals surface area (Å²) in [4.78, 5) is 10.7. The van der Waals surface area contributed by atoms with Gasteiger partial charge in [0.1, 0.15) is 5.82 Å². The maximum atomic E-state index is 13.1. The average molecular weight is 232 g/mol. The molecule has 0 fully saturated rings. The van der Waals surface area contributed by atoms with Gasteiger partial charge in [-0.15, -0.1) is 0 Å². The quantitative estimate of drug-likeness (QED) is 0.834. The lowest BCUT2D eigenvalue weighted by atomic mass is 10.3. The summed E-state index contributed by atoms with van der Waals surface area (Å²) in [5, 5.41) is 8.71. The third-order valence-corrected chi connectivity index (χ3v) is 1.76. The Bertz CT molecular complexity index is 381. The van der Waals surface area contributed by atoms with Crippen molar-refractivity contribution in [2.45, 2.75) is 6.10 Å². The molecule has 1 rings (SSSR count). The van der Waals surface area contributed by atoms with E-state index >= 15 is 0 Å². The van der Waals surface area contributed by atoms with E-state index in [2.05, 4.69) is 4.74 Å². The van der Waals surface area contributed by atoms with E-state index in [1.54, 1.807) is 0 Å². The zero-order valence-corrected chi connectivity index (χ0v) is 8.44. The standard InChI is InChI=1S/C10H10F2O4/c1-15-5-9(10(13)14)16-8-3-2-6(11)4-7(8)12/h2-4,9H,5H2,1H3,(H,13,14). The zero-order valence-electron chi connectivity index (χ0n) is 8.44. The highest BCUT2D eigenvalue weighted by atomic mass is 19.1. The third-order valence-electron chi connectivity index (χ3n) is 1.76. The molecule has 1 N–H and O–H groups in total. The Morgan fingerprint density at radius 1 is 1.50 bits per heavy atom. The fourth-order valence-electron chi connectivity index (χ4n) is 1.03. The summed E-state index contributed by atoms with van der Waals surface area (Å²) in [5.41, 5.74) is 0. The van der Waals surface area contributed by atoms with Gasteiger partial charge in [-0.05, 0) is 12.1 Å². The van der Waals surface area contributed by atoms with Crippen LogP contribution in [-0.4, -0.2) is 30.9 Å². The highest BCUT2D eigenvalue weighted by Gasteiger charge is 2.20. The van der Waals surface area contributed by atoms with Gasteiger partial charge in [-0.1, -0.05) is 0 Å². The molecule has 0 saturated carbocycles. The molecule has 16 heavy (non-hydrogen) atoms. The van der Waals surface area contributed by atoms with Gasteiger partial charge in [0, 0.05) is 13.2 Å². The molecule has 0 aromatic heterocycles. The van der Waals surface area contributed by atoms with Crippen LogP contribution in [0, 0.1) is 11.6 Å². The first-order valence-electron chi connectivity index (χ1n) is 4.38. The molecule has 1 aromatic carbocycles. The predicted octanol–water partition coefficient (Wildman–Crippen LogP) is 1.44. The number of hydrogen-bond acceptors (Lipinski definition) is 3. The lowest BCUT2D eigenvalue weighted by Crippen LogP contribution is -2.31. The summed E-state index contributed by atoms with van der Waals surface area (Å²) in [6, 6.07) is 2.61. The van der Waals surface area contributed by atoms with E-state index in [4.69, 9.17) is 9.84 Å². The molecule has 0 bridgehead atoms. The monoisotopic (exact) mass is 232 g/mol. The Labute approximate surface area is 90.4 Å². The number of hydrogen-bond donors (Lipinski definition) is 1. The smallest absolute Gasteiger partial charge is 0.347 e. The number of aliphatic carboxylic acids is 1. The number of rotatable bonds is 5. The summed E-state index contributed by atoms with van der Waals surface area (Å²) >= 11 is 0. The molecule has 4 nitrogen and oxygen atoms in total. The molecule has 0 radical (unpaired) electrons.